The molecule has 1 fully saturated rings. The number of hydrogen-bond donors (Lipinski definition) is 1. The topological polar surface area (TPSA) is 115 Å². The zero-order valence-electron chi connectivity index (χ0n) is 17.4. The van der Waals surface area contributed by atoms with Crippen LogP contribution in [0.2, 0.25) is 0 Å². The van der Waals surface area contributed by atoms with E-state index in [4.69, 9.17) is 4.52 Å². The zero-order valence-corrected chi connectivity index (χ0v) is 17.4. The molecule has 0 radical (unpaired) electrons. The van der Waals surface area contributed by atoms with Crippen molar-refractivity contribution >= 4 is 11.9 Å². The summed E-state index contributed by atoms with van der Waals surface area (Å²) >= 11 is 0. The van der Waals surface area contributed by atoms with E-state index in [1.165, 1.54) is 39.2 Å². The minimum atomic E-state index is -0.869. The van der Waals surface area contributed by atoms with Gasteiger partial charge in [0.2, 0.25) is 11.7 Å². The quantitative estimate of drug-likeness (QED) is 0.575. The van der Waals surface area contributed by atoms with Crippen LogP contribution in [0.25, 0.3) is 11.4 Å². The number of aliphatic carboxylic acids is 1. The summed E-state index contributed by atoms with van der Waals surface area (Å²) in [5.41, 5.74) is 1.23. The van der Waals surface area contributed by atoms with Gasteiger partial charge in [0.25, 0.3) is 0 Å². The lowest BCUT2D eigenvalue weighted by molar-refractivity contribution is -0.140. The molecule has 0 aromatic carbocycles. The molecule has 0 unspecified atom stereocenters. The van der Waals surface area contributed by atoms with Gasteiger partial charge in [0.05, 0.1) is 25.6 Å². The highest BCUT2D eigenvalue weighted by atomic mass is 16.5. The Morgan fingerprint density at radius 2 is 2.07 bits per heavy atom. The van der Waals surface area contributed by atoms with Crippen LogP contribution in [0.4, 0.5) is 0 Å². The Balaban J connectivity index is 1.62. The number of hydrogen-bond acceptors (Lipinski definition) is 7. The lowest BCUT2D eigenvalue weighted by Crippen LogP contribution is -2.10. The van der Waals surface area contributed by atoms with Crippen molar-refractivity contribution in [2.75, 3.05) is 7.11 Å². The lowest BCUT2D eigenvalue weighted by Gasteiger charge is -2.21. The second-order valence-electron chi connectivity index (χ2n) is 7.98. The number of carboxylic acid groups (broad SMARTS) is 1. The van der Waals surface area contributed by atoms with Crippen molar-refractivity contribution in [3.05, 3.63) is 29.9 Å². The van der Waals surface area contributed by atoms with E-state index in [0.29, 0.717) is 23.0 Å². The summed E-state index contributed by atoms with van der Waals surface area (Å²) in [4.78, 5) is 31.3. The van der Waals surface area contributed by atoms with Gasteiger partial charge < -0.3 is 14.4 Å². The molecule has 1 aliphatic carbocycles. The van der Waals surface area contributed by atoms with Crippen LogP contribution in [0, 0.1) is 5.92 Å². The Morgan fingerprint density at radius 1 is 1.27 bits per heavy atom. The summed E-state index contributed by atoms with van der Waals surface area (Å²) in [6, 6.07) is 3.47. The molecule has 162 valence electrons. The van der Waals surface area contributed by atoms with Crippen LogP contribution in [0.15, 0.2) is 22.9 Å². The minimum Gasteiger partial charge on any atom is -0.481 e. The van der Waals surface area contributed by atoms with Crippen molar-refractivity contribution in [1.82, 2.24) is 15.1 Å². The standard InChI is InChI=1S/C22H29N3O5/c1-29-20(28)13-18-11-10-17(14-23-18)21-24-22(30-25-21)16(12-19(26)27)9-5-8-15-6-3-2-4-7-15/h10-11,14-16H,2-9,12-13H2,1H3,(H,26,27)/t16-/m1/s1. The van der Waals surface area contributed by atoms with Crippen molar-refractivity contribution in [3.8, 4) is 11.4 Å². The summed E-state index contributed by atoms with van der Waals surface area (Å²) in [5.74, 6) is -0.0384. The van der Waals surface area contributed by atoms with E-state index < -0.39 is 5.97 Å². The van der Waals surface area contributed by atoms with E-state index in [-0.39, 0.29) is 24.7 Å². The van der Waals surface area contributed by atoms with Gasteiger partial charge in [-0.15, -0.1) is 0 Å². The van der Waals surface area contributed by atoms with Gasteiger partial charge in [0.15, 0.2) is 0 Å². The molecule has 3 rings (SSSR count). The van der Waals surface area contributed by atoms with Gasteiger partial charge in [-0.25, -0.2) is 0 Å². The minimum absolute atomic E-state index is 0.0252. The average molecular weight is 415 g/mol. The number of carboxylic acids is 1. The molecule has 1 saturated carbocycles. The number of pyridine rings is 1. The highest BCUT2D eigenvalue weighted by molar-refractivity contribution is 5.72. The summed E-state index contributed by atoms with van der Waals surface area (Å²) < 4.78 is 10.0. The van der Waals surface area contributed by atoms with Crippen LogP contribution in [-0.2, 0) is 20.7 Å². The lowest BCUT2D eigenvalue weighted by atomic mass is 9.84. The highest BCUT2D eigenvalue weighted by Crippen LogP contribution is 2.31. The molecule has 30 heavy (non-hydrogen) atoms. The largest absolute Gasteiger partial charge is 0.481 e. The Morgan fingerprint density at radius 3 is 2.73 bits per heavy atom. The fraction of sp³-hybridized carbons (Fsp3) is 0.591. The van der Waals surface area contributed by atoms with Crippen LogP contribution in [0.1, 0.15) is 75.3 Å². The molecule has 0 saturated heterocycles. The number of aromatic nitrogens is 3. The van der Waals surface area contributed by atoms with Gasteiger partial charge in [-0.3, -0.25) is 14.6 Å². The van der Waals surface area contributed by atoms with Gasteiger partial charge in [0.1, 0.15) is 0 Å². The van der Waals surface area contributed by atoms with E-state index in [2.05, 4.69) is 19.9 Å². The molecule has 0 spiro atoms. The molecule has 8 heteroatoms. The third-order valence-electron chi connectivity index (χ3n) is 5.74. The van der Waals surface area contributed by atoms with Crippen molar-refractivity contribution < 1.29 is 24.0 Å². The Kier molecular flexibility index (Phi) is 7.93. The first-order valence-corrected chi connectivity index (χ1v) is 10.6. The molecule has 0 amide bonds. The summed E-state index contributed by atoms with van der Waals surface area (Å²) in [7, 11) is 1.33. The number of rotatable bonds is 10. The van der Waals surface area contributed by atoms with Crippen molar-refractivity contribution in [1.29, 1.82) is 0 Å². The fourth-order valence-corrected chi connectivity index (χ4v) is 4.05. The normalized spacial score (nSPS) is 15.6. The van der Waals surface area contributed by atoms with Crippen LogP contribution in [0.3, 0.4) is 0 Å². The van der Waals surface area contributed by atoms with Crippen LogP contribution in [0.5, 0.6) is 0 Å². The smallest absolute Gasteiger partial charge is 0.311 e. The Bertz CT molecular complexity index is 828. The summed E-state index contributed by atoms with van der Waals surface area (Å²) in [6.45, 7) is 0. The van der Waals surface area contributed by atoms with Gasteiger partial charge in [-0.2, -0.15) is 4.98 Å². The van der Waals surface area contributed by atoms with E-state index in [0.717, 1.165) is 25.2 Å². The number of esters is 1. The molecule has 2 heterocycles. The van der Waals surface area contributed by atoms with Gasteiger partial charge in [0, 0.05) is 17.7 Å². The van der Waals surface area contributed by atoms with E-state index in [1.807, 2.05) is 0 Å². The van der Waals surface area contributed by atoms with Crippen molar-refractivity contribution in [3.63, 3.8) is 0 Å². The van der Waals surface area contributed by atoms with Crippen LogP contribution in [-0.4, -0.2) is 39.3 Å². The molecule has 2 aromatic rings. The molecule has 1 N–H and O–H groups in total. The van der Waals surface area contributed by atoms with E-state index in [1.54, 1.807) is 18.3 Å². The molecular weight excluding hydrogens is 386 g/mol. The number of carbonyl (C=O) groups excluding carboxylic acids is 1. The monoisotopic (exact) mass is 415 g/mol. The molecule has 0 bridgehead atoms. The SMILES string of the molecule is COC(=O)Cc1ccc(-c2noc([C@H](CCCC3CCCCC3)CC(=O)O)n2)cn1. The van der Waals surface area contributed by atoms with E-state index >= 15 is 0 Å². The fourth-order valence-electron chi connectivity index (χ4n) is 4.05. The average Bonchev–Trinajstić information content (AvgIpc) is 3.24. The second kappa shape index (κ2) is 10.8. The molecular formula is C22H29N3O5. The third kappa shape index (κ3) is 6.37. The first-order valence-electron chi connectivity index (χ1n) is 10.6. The van der Waals surface area contributed by atoms with Crippen LogP contribution < -0.4 is 0 Å². The first kappa shape index (κ1) is 21.9. The van der Waals surface area contributed by atoms with Crippen molar-refractivity contribution in [2.24, 2.45) is 5.92 Å². The first-order chi connectivity index (χ1) is 14.5. The number of methoxy groups -OCH3 is 1. The van der Waals surface area contributed by atoms with E-state index in [9.17, 15) is 14.7 Å². The molecule has 8 nitrogen and oxygen atoms in total. The van der Waals surface area contributed by atoms with Crippen molar-refractivity contribution in [2.45, 2.75) is 70.1 Å². The number of carbonyl (C=O) groups is 2. The maximum Gasteiger partial charge on any atom is 0.311 e. The molecule has 1 atom stereocenters. The van der Waals surface area contributed by atoms with Gasteiger partial charge >= 0.3 is 11.9 Å². The maximum atomic E-state index is 11.3. The maximum absolute atomic E-state index is 11.3. The third-order valence-corrected chi connectivity index (χ3v) is 5.74. The molecule has 1 aliphatic rings. The predicted octanol–water partition coefficient (Wildman–Crippen LogP) is 4.16. The highest BCUT2D eigenvalue weighted by Gasteiger charge is 2.23. The number of nitrogens with zero attached hydrogens (tertiary/aromatic N) is 3. The summed E-state index contributed by atoms with van der Waals surface area (Å²) in [6.07, 6.45) is 11.0. The Hall–Kier alpha value is -2.77. The zero-order chi connectivity index (χ0) is 21.3. The van der Waals surface area contributed by atoms with Gasteiger partial charge in [-0.1, -0.05) is 50.1 Å². The predicted molar refractivity (Wildman–Crippen MR) is 109 cm³/mol. The second-order valence-corrected chi connectivity index (χ2v) is 7.98. The molecule has 2 aromatic heterocycles. The summed E-state index contributed by atoms with van der Waals surface area (Å²) in [5, 5.41) is 13.3. The van der Waals surface area contributed by atoms with Crippen LogP contribution >= 0.6 is 0 Å². The van der Waals surface area contributed by atoms with Gasteiger partial charge in [-0.05, 0) is 24.5 Å². The Labute approximate surface area is 176 Å². The number of ether oxygens (including phenoxy) is 1. The molecule has 0 aliphatic heterocycles.